The molecule has 1 amide bonds. The summed E-state index contributed by atoms with van der Waals surface area (Å²) in [6.07, 6.45) is 7.64. The van der Waals surface area contributed by atoms with Crippen LogP contribution in [-0.2, 0) is 18.4 Å². The molecule has 1 saturated carbocycles. The molecule has 0 bridgehead atoms. The molecule has 0 aromatic carbocycles. The van der Waals surface area contributed by atoms with Crippen molar-refractivity contribution in [2.45, 2.75) is 57.0 Å². The van der Waals surface area contributed by atoms with Crippen LogP contribution in [0.25, 0.3) is 0 Å². The molecule has 0 N–H and O–H groups in total. The van der Waals surface area contributed by atoms with Crippen LogP contribution in [0, 0.1) is 0 Å². The van der Waals surface area contributed by atoms with Gasteiger partial charge >= 0.3 is 5.69 Å². The highest BCUT2D eigenvalue weighted by molar-refractivity contribution is 5.76. The van der Waals surface area contributed by atoms with Gasteiger partial charge in [-0.25, -0.2) is 9.48 Å². The molecule has 2 aliphatic rings. The summed E-state index contributed by atoms with van der Waals surface area (Å²) in [6.45, 7) is 1.32. The minimum Gasteiger partial charge on any atom is -0.341 e. The lowest BCUT2D eigenvalue weighted by atomic mass is 9.95. The van der Waals surface area contributed by atoms with E-state index in [2.05, 4.69) is 5.10 Å². The topological polar surface area (TPSA) is 82.1 Å². The normalized spacial score (nSPS) is 18.7. The van der Waals surface area contributed by atoms with Gasteiger partial charge in [0.2, 0.25) is 5.91 Å². The van der Waals surface area contributed by atoms with Gasteiger partial charge in [0.25, 0.3) is 5.56 Å². The number of aryl methyl sites for hydroxylation is 1. The summed E-state index contributed by atoms with van der Waals surface area (Å²) >= 11 is 0. The van der Waals surface area contributed by atoms with Crippen molar-refractivity contribution < 1.29 is 4.79 Å². The number of carbonyl (C=O) groups excluding carboxylic acids is 1. The maximum atomic E-state index is 12.6. The van der Waals surface area contributed by atoms with E-state index < -0.39 is 0 Å². The molecule has 2 aromatic rings. The fourth-order valence-corrected chi connectivity index (χ4v) is 4.51. The van der Waals surface area contributed by atoms with E-state index in [-0.39, 0.29) is 35.7 Å². The third-order valence-corrected chi connectivity index (χ3v) is 6.09. The third kappa shape index (κ3) is 3.55. The molecule has 150 valence electrons. The van der Waals surface area contributed by atoms with Crippen molar-refractivity contribution in [2.24, 2.45) is 7.05 Å². The van der Waals surface area contributed by atoms with Gasteiger partial charge < -0.3 is 9.47 Å². The van der Waals surface area contributed by atoms with Crippen molar-refractivity contribution in [2.75, 3.05) is 13.1 Å². The Morgan fingerprint density at radius 3 is 2.50 bits per heavy atom. The minimum atomic E-state index is -0.167. The summed E-state index contributed by atoms with van der Waals surface area (Å²) in [5.74, 6) is 1.03. The summed E-state index contributed by atoms with van der Waals surface area (Å²) in [4.78, 5) is 38.8. The average molecular weight is 385 g/mol. The van der Waals surface area contributed by atoms with E-state index >= 15 is 0 Å². The van der Waals surface area contributed by atoms with Crippen LogP contribution in [0.2, 0.25) is 0 Å². The lowest BCUT2D eigenvalue weighted by molar-refractivity contribution is -0.133. The molecule has 8 heteroatoms. The smallest absolute Gasteiger partial charge is 0.341 e. The predicted molar refractivity (Wildman–Crippen MR) is 104 cm³/mol. The van der Waals surface area contributed by atoms with Crippen LogP contribution in [0.4, 0.5) is 0 Å². The first-order valence-electron chi connectivity index (χ1n) is 10.1. The van der Waals surface area contributed by atoms with Crippen LogP contribution in [0.1, 0.15) is 56.3 Å². The molecule has 0 radical (unpaired) electrons. The number of hydrogen-bond acceptors (Lipinski definition) is 4. The Bertz CT molecular complexity index is 959. The maximum absolute atomic E-state index is 12.6. The molecule has 2 fully saturated rings. The first-order chi connectivity index (χ1) is 13.5. The minimum absolute atomic E-state index is 0.0242. The van der Waals surface area contributed by atoms with E-state index in [1.807, 2.05) is 9.47 Å². The number of likely N-dealkylation sites (tertiary alicyclic amines) is 1. The van der Waals surface area contributed by atoms with E-state index in [9.17, 15) is 14.4 Å². The zero-order valence-electron chi connectivity index (χ0n) is 16.3. The van der Waals surface area contributed by atoms with Crippen molar-refractivity contribution in [3.05, 3.63) is 51.1 Å². The number of nitrogens with zero attached hydrogens (tertiary/aromatic N) is 5. The van der Waals surface area contributed by atoms with Crippen molar-refractivity contribution in [1.82, 2.24) is 23.8 Å². The molecule has 4 rings (SSSR count). The van der Waals surface area contributed by atoms with Crippen molar-refractivity contribution in [1.29, 1.82) is 0 Å². The zero-order chi connectivity index (χ0) is 19.7. The number of hydrogen-bond donors (Lipinski definition) is 0. The van der Waals surface area contributed by atoms with Crippen molar-refractivity contribution >= 4 is 5.91 Å². The predicted octanol–water partition coefficient (Wildman–Crippen LogP) is 1.26. The van der Waals surface area contributed by atoms with Gasteiger partial charge in [-0.1, -0.05) is 18.9 Å². The summed E-state index contributed by atoms with van der Waals surface area (Å²) < 4.78 is 4.80. The highest BCUT2D eigenvalue weighted by atomic mass is 16.2. The fourth-order valence-electron chi connectivity index (χ4n) is 4.51. The Hall–Kier alpha value is -2.64. The molecule has 3 heterocycles. The Morgan fingerprint density at radius 1 is 1.11 bits per heavy atom. The highest BCUT2D eigenvalue weighted by Crippen LogP contribution is 2.33. The Labute approximate surface area is 163 Å². The fraction of sp³-hybridized carbons (Fsp3) is 0.600. The number of rotatable bonds is 4. The molecule has 28 heavy (non-hydrogen) atoms. The Kier molecular flexibility index (Phi) is 5.19. The van der Waals surface area contributed by atoms with E-state index in [4.69, 9.17) is 0 Å². The summed E-state index contributed by atoms with van der Waals surface area (Å²) in [5, 5.41) is 4.55. The maximum Gasteiger partial charge on any atom is 0.345 e. The SMILES string of the molecule is Cn1nc(C2CCN(C(=O)Cn3ccccc3=O)CC2)n(C2CCCC2)c1=O. The van der Waals surface area contributed by atoms with Crippen LogP contribution in [0.5, 0.6) is 0 Å². The Morgan fingerprint density at radius 2 is 1.82 bits per heavy atom. The Balaban J connectivity index is 1.44. The van der Waals surface area contributed by atoms with Crippen molar-refractivity contribution in [3.63, 3.8) is 0 Å². The molecule has 8 nitrogen and oxygen atoms in total. The second-order valence-corrected chi connectivity index (χ2v) is 7.89. The van der Waals surface area contributed by atoms with Gasteiger partial charge in [-0.2, -0.15) is 5.10 Å². The first-order valence-corrected chi connectivity index (χ1v) is 10.1. The van der Waals surface area contributed by atoms with Crippen LogP contribution in [0.3, 0.4) is 0 Å². The lowest BCUT2D eigenvalue weighted by Gasteiger charge is -2.32. The number of carbonyl (C=O) groups is 1. The molecule has 2 aromatic heterocycles. The molecule has 1 aliphatic heterocycles. The molecule has 0 spiro atoms. The molecular formula is C20H27N5O3. The van der Waals surface area contributed by atoms with Crippen LogP contribution in [-0.4, -0.2) is 42.8 Å². The van der Waals surface area contributed by atoms with E-state index in [0.29, 0.717) is 13.1 Å². The standard InChI is InChI=1S/C20H27N5O3/c1-22-20(28)25(16-6-2-3-7-16)19(21-22)15-9-12-23(13-10-15)18(27)14-24-11-5-4-8-17(24)26/h4-5,8,11,15-16H,2-3,6-7,9-10,12-14H2,1H3. The monoisotopic (exact) mass is 385 g/mol. The molecule has 1 aliphatic carbocycles. The summed E-state index contributed by atoms with van der Waals surface area (Å²) in [7, 11) is 1.72. The van der Waals surface area contributed by atoms with Gasteiger partial charge in [-0.05, 0) is 31.7 Å². The van der Waals surface area contributed by atoms with Gasteiger partial charge in [-0.3, -0.25) is 14.2 Å². The average Bonchev–Trinajstić information content (AvgIpc) is 3.32. The van der Waals surface area contributed by atoms with Gasteiger partial charge in [0.1, 0.15) is 12.4 Å². The number of pyridine rings is 1. The molecular weight excluding hydrogens is 358 g/mol. The largest absolute Gasteiger partial charge is 0.345 e. The van der Waals surface area contributed by atoms with Gasteiger partial charge in [-0.15, -0.1) is 0 Å². The van der Waals surface area contributed by atoms with Gasteiger partial charge in [0.15, 0.2) is 0 Å². The quantitative estimate of drug-likeness (QED) is 0.794. The summed E-state index contributed by atoms with van der Waals surface area (Å²) in [5.41, 5.74) is -0.191. The van der Waals surface area contributed by atoms with E-state index in [0.717, 1.165) is 44.3 Å². The summed E-state index contributed by atoms with van der Waals surface area (Å²) in [6, 6.07) is 5.15. The second kappa shape index (κ2) is 7.77. The second-order valence-electron chi connectivity index (χ2n) is 7.89. The number of amides is 1. The lowest BCUT2D eigenvalue weighted by Crippen LogP contribution is -2.41. The van der Waals surface area contributed by atoms with Gasteiger partial charge in [0, 0.05) is 44.4 Å². The van der Waals surface area contributed by atoms with Crippen LogP contribution >= 0.6 is 0 Å². The van der Waals surface area contributed by atoms with E-state index in [1.54, 1.807) is 25.4 Å². The van der Waals surface area contributed by atoms with Gasteiger partial charge in [0.05, 0.1) is 0 Å². The van der Waals surface area contributed by atoms with E-state index in [1.165, 1.54) is 15.3 Å². The first kappa shape index (κ1) is 18.7. The number of piperidine rings is 1. The van der Waals surface area contributed by atoms with Crippen LogP contribution < -0.4 is 11.2 Å². The molecule has 0 unspecified atom stereocenters. The molecule has 0 atom stereocenters. The molecule has 1 saturated heterocycles. The van der Waals surface area contributed by atoms with Crippen LogP contribution in [0.15, 0.2) is 34.0 Å². The number of aromatic nitrogens is 4. The van der Waals surface area contributed by atoms with Crippen molar-refractivity contribution in [3.8, 4) is 0 Å². The third-order valence-electron chi connectivity index (χ3n) is 6.09. The zero-order valence-corrected chi connectivity index (χ0v) is 16.3. The highest BCUT2D eigenvalue weighted by Gasteiger charge is 2.31.